The molecule has 1 aromatic rings. The largest absolute Gasteiger partial charge is 0.453 e. The van der Waals surface area contributed by atoms with Gasteiger partial charge in [0, 0.05) is 22.3 Å². The summed E-state index contributed by atoms with van der Waals surface area (Å²) in [5.74, 6) is 0.638. The lowest BCUT2D eigenvalue weighted by molar-refractivity contribution is -0.134. The van der Waals surface area contributed by atoms with Crippen LogP contribution in [0.15, 0.2) is 27.7 Å². The number of anilines is 1. The summed E-state index contributed by atoms with van der Waals surface area (Å²) < 4.78 is 5.69. The van der Waals surface area contributed by atoms with Crippen molar-refractivity contribution in [1.29, 1.82) is 0 Å². The van der Waals surface area contributed by atoms with Gasteiger partial charge in [0.05, 0.1) is 18.7 Å². The van der Waals surface area contributed by atoms with Crippen LogP contribution in [0.2, 0.25) is 0 Å². The normalized spacial score (nSPS) is 21.1. The minimum atomic E-state index is -0.637. The van der Waals surface area contributed by atoms with Crippen LogP contribution < -0.4 is 10.6 Å². The highest BCUT2D eigenvalue weighted by atomic mass is 79.9. The number of carbonyl (C=O) groups is 2. The zero-order valence-corrected chi connectivity index (χ0v) is 19.2. The van der Waals surface area contributed by atoms with Crippen LogP contribution in [0.5, 0.6) is 0 Å². The SMILES string of the molecule is COC(=O)NC(C(=O)N1CCCC1C1=NC(C)(C)c2ccc(Br)cc2N1)C(C)C. The van der Waals surface area contributed by atoms with Gasteiger partial charge in [-0.3, -0.25) is 9.79 Å². The molecular weight excluding hydrogens is 436 g/mol. The lowest BCUT2D eigenvalue weighted by Crippen LogP contribution is -2.55. The molecule has 29 heavy (non-hydrogen) atoms. The van der Waals surface area contributed by atoms with E-state index in [9.17, 15) is 9.59 Å². The van der Waals surface area contributed by atoms with Gasteiger partial charge in [-0.05, 0) is 44.7 Å². The van der Waals surface area contributed by atoms with Crippen molar-refractivity contribution in [2.24, 2.45) is 10.9 Å². The topological polar surface area (TPSA) is 83.0 Å². The lowest BCUT2D eigenvalue weighted by Gasteiger charge is -2.36. The van der Waals surface area contributed by atoms with Crippen LogP contribution in [-0.4, -0.2) is 48.5 Å². The van der Waals surface area contributed by atoms with Crippen LogP contribution >= 0.6 is 15.9 Å². The summed E-state index contributed by atoms with van der Waals surface area (Å²) in [5, 5.41) is 6.14. The average molecular weight is 465 g/mol. The van der Waals surface area contributed by atoms with E-state index in [0.717, 1.165) is 34.4 Å². The van der Waals surface area contributed by atoms with Gasteiger partial charge < -0.3 is 20.3 Å². The van der Waals surface area contributed by atoms with Crippen molar-refractivity contribution < 1.29 is 14.3 Å². The number of aliphatic imine (C=N–C) groups is 1. The maximum atomic E-state index is 13.3. The number of hydrogen-bond acceptors (Lipinski definition) is 5. The number of methoxy groups -OCH3 is 1. The molecule has 2 unspecified atom stereocenters. The average Bonchev–Trinajstić information content (AvgIpc) is 3.13. The second-order valence-corrected chi connectivity index (χ2v) is 9.33. The van der Waals surface area contributed by atoms with E-state index in [0.29, 0.717) is 6.54 Å². The summed E-state index contributed by atoms with van der Waals surface area (Å²) in [4.78, 5) is 31.9. The summed E-state index contributed by atoms with van der Waals surface area (Å²) in [5.41, 5.74) is 1.73. The molecule has 0 bridgehead atoms. The zero-order valence-electron chi connectivity index (χ0n) is 17.6. The molecule has 0 saturated carbocycles. The third kappa shape index (κ3) is 4.42. The second-order valence-electron chi connectivity index (χ2n) is 8.42. The highest BCUT2D eigenvalue weighted by Gasteiger charge is 2.40. The number of nitrogens with zero attached hydrogens (tertiary/aromatic N) is 2. The second kappa shape index (κ2) is 8.34. The van der Waals surface area contributed by atoms with Gasteiger partial charge in [-0.15, -0.1) is 0 Å². The minimum absolute atomic E-state index is 0.0581. The fourth-order valence-electron chi connectivity index (χ4n) is 4.03. The number of nitrogens with one attached hydrogen (secondary N) is 2. The Morgan fingerprint density at radius 3 is 2.76 bits per heavy atom. The number of hydrogen-bond donors (Lipinski definition) is 2. The Kier molecular flexibility index (Phi) is 6.22. The van der Waals surface area contributed by atoms with E-state index in [1.807, 2.05) is 30.9 Å². The molecule has 0 aliphatic carbocycles. The first-order valence-electron chi connectivity index (χ1n) is 9.96. The molecule has 0 spiro atoms. The Bertz CT molecular complexity index is 837. The van der Waals surface area contributed by atoms with Crippen LogP contribution in [0, 0.1) is 5.92 Å². The first-order chi connectivity index (χ1) is 13.6. The number of rotatable bonds is 4. The Labute approximate surface area is 180 Å². The van der Waals surface area contributed by atoms with Gasteiger partial charge in [-0.1, -0.05) is 35.8 Å². The van der Waals surface area contributed by atoms with E-state index in [2.05, 4.69) is 46.5 Å². The Balaban J connectivity index is 1.88. The number of fused-ring (bicyclic) bond motifs is 1. The monoisotopic (exact) mass is 464 g/mol. The van der Waals surface area contributed by atoms with Gasteiger partial charge in [0.1, 0.15) is 11.9 Å². The molecule has 3 rings (SSSR count). The van der Waals surface area contributed by atoms with Gasteiger partial charge >= 0.3 is 6.09 Å². The predicted octanol–water partition coefficient (Wildman–Crippen LogP) is 3.88. The van der Waals surface area contributed by atoms with Gasteiger partial charge in [-0.2, -0.15) is 0 Å². The van der Waals surface area contributed by atoms with Crippen LogP contribution in [0.3, 0.4) is 0 Å². The van der Waals surface area contributed by atoms with Crippen molar-refractivity contribution in [2.75, 3.05) is 19.0 Å². The molecular formula is C21H29BrN4O3. The van der Waals surface area contributed by atoms with Crippen LogP contribution in [0.25, 0.3) is 0 Å². The van der Waals surface area contributed by atoms with Gasteiger partial charge in [0.15, 0.2) is 0 Å². The summed E-state index contributed by atoms with van der Waals surface area (Å²) in [6.45, 7) is 8.63. The molecule has 1 saturated heterocycles. The van der Waals surface area contributed by atoms with Gasteiger partial charge in [0.25, 0.3) is 0 Å². The fraction of sp³-hybridized carbons (Fsp3) is 0.571. The molecule has 0 aromatic heterocycles. The van der Waals surface area contributed by atoms with Crippen LogP contribution in [0.1, 0.15) is 46.1 Å². The third-order valence-corrected chi connectivity index (χ3v) is 6.04. The predicted molar refractivity (Wildman–Crippen MR) is 117 cm³/mol. The number of halogens is 1. The van der Waals surface area contributed by atoms with E-state index in [4.69, 9.17) is 9.73 Å². The first-order valence-corrected chi connectivity index (χ1v) is 10.7. The maximum Gasteiger partial charge on any atom is 0.407 e. The molecule has 2 amide bonds. The van der Waals surface area contributed by atoms with E-state index < -0.39 is 17.7 Å². The van der Waals surface area contributed by atoms with Crippen molar-refractivity contribution in [3.8, 4) is 0 Å². The number of carbonyl (C=O) groups excluding carboxylic acids is 2. The Morgan fingerprint density at radius 1 is 1.38 bits per heavy atom. The molecule has 2 heterocycles. The number of amides is 2. The van der Waals surface area contributed by atoms with E-state index >= 15 is 0 Å². The molecule has 2 N–H and O–H groups in total. The number of ether oxygens (including phenoxy) is 1. The molecule has 1 aromatic carbocycles. The summed E-state index contributed by atoms with van der Waals surface area (Å²) >= 11 is 3.53. The van der Waals surface area contributed by atoms with Crippen LogP contribution in [-0.2, 0) is 15.1 Å². The Morgan fingerprint density at radius 2 is 2.10 bits per heavy atom. The summed E-state index contributed by atoms with van der Waals surface area (Å²) in [6, 6.07) is 5.35. The maximum absolute atomic E-state index is 13.3. The van der Waals surface area contributed by atoms with Crippen molar-refractivity contribution in [3.05, 3.63) is 28.2 Å². The molecule has 2 atom stereocenters. The minimum Gasteiger partial charge on any atom is -0.453 e. The summed E-state index contributed by atoms with van der Waals surface area (Å²) in [6.07, 6.45) is 1.13. The smallest absolute Gasteiger partial charge is 0.407 e. The van der Waals surface area contributed by atoms with Crippen molar-refractivity contribution >= 4 is 39.5 Å². The standard InChI is InChI=1S/C21H29BrN4O3/c1-12(2)17(24-20(28)29-5)19(27)26-10-6-7-16(26)18-23-15-11-13(22)8-9-14(15)21(3,4)25-18/h8-9,11-12,16-17H,6-7,10H2,1-5H3,(H,23,25)(H,24,28). The molecule has 1 fully saturated rings. The molecule has 8 heteroatoms. The highest BCUT2D eigenvalue weighted by Crippen LogP contribution is 2.38. The van der Waals surface area contributed by atoms with Crippen molar-refractivity contribution in [1.82, 2.24) is 10.2 Å². The third-order valence-electron chi connectivity index (χ3n) is 5.55. The van der Waals surface area contributed by atoms with Crippen molar-refractivity contribution in [3.63, 3.8) is 0 Å². The molecule has 0 radical (unpaired) electrons. The van der Waals surface area contributed by atoms with E-state index in [1.54, 1.807) is 0 Å². The fourth-order valence-corrected chi connectivity index (χ4v) is 4.39. The highest BCUT2D eigenvalue weighted by molar-refractivity contribution is 9.10. The van der Waals surface area contributed by atoms with E-state index in [-0.39, 0.29) is 17.9 Å². The number of alkyl carbamates (subject to hydrolysis) is 1. The molecule has 2 aliphatic rings. The van der Waals surface area contributed by atoms with E-state index in [1.165, 1.54) is 7.11 Å². The quantitative estimate of drug-likeness (QED) is 0.707. The first kappa shape index (κ1) is 21.6. The molecule has 158 valence electrons. The van der Waals surface area contributed by atoms with Gasteiger partial charge in [-0.25, -0.2) is 4.79 Å². The number of likely N-dealkylation sites (tertiary alicyclic amines) is 1. The number of amidine groups is 1. The lowest BCUT2D eigenvalue weighted by atomic mass is 9.91. The Hall–Kier alpha value is -2.09. The van der Waals surface area contributed by atoms with Crippen LogP contribution in [0.4, 0.5) is 10.5 Å². The van der Waals surface area contributed by atoms with Crippen molar-refractivity contribution in [2.45, 2.75) is 58.2 Å². The zero-order chi connectivity index (χ0) is 21.3. The molecule has 2 aliphatic heterocycles. The molecule has 7 nitrogen and oxygen atoms in total. The summed E-state index contributed by atoms with van der Waals surface area (Å²) in [7, 11) is 1.30. The van der Waals surface area contributed by atoms with Gasteiger partial charge in [0.2, 0.25) is 5.91 Å². The number of benzene rings is 1.